The Bertz CT molecular complexity index is 636. The summed E-state index contributed by atoms with van der Waals surface area (Å²) in [5, 5.41) is 13.0. The number of fused-ring (bicyclic) bond motifs is 1. The van der Waals surface area contributed by atoms with Crippen LogP contribution in [-0.4, -0.2) is 27.2 Å². The number of hydrogen-bond donors (Lipinski definition) is 4. The van der Waals surface area contributed by atoms with Gasteiger partial charge < -0.3 is 21.1 Å². The normalized spacial score (nSPS) is 14.3. The van der Waals surface area contributed by atoms with Crippen LogP contribution in [0.4, 0.5) is 11.4 Å². The number of aromatic amines is 1. The SMILES string of the molecule is CC(O)CC(C)Nc1cc2nc[nH]c(=O)c2cc1N. The fourth-order valence-corrected chi connectivity index (χ4v) is 2.09. The van der Waals surface area contributed by atoms with E-state index in [0.717, 1.165) is 5.69 Å². The molecule has 0 saturated carbocycles. The second-order valence-electron chi connectivity index (χ2n) is 4.82. The summed E-state index contributed by atoms with van der Waals surface area (Å²) in [7, 11) is 0. The smallest absolute Gasteiger partial charge is 0.258 e. The topological polar surface area (TPSA) is 104 Å². The minimum absolute atomic E-state index is 0.0711. The molecule has 1 heterocycles. The van der Waals surface area contributed by atoms with E-state index in [-0.39, 0.29) is 17.7 Å². The van der Waals surface area contributed by atoms with Crippen molar-refractivity contribution >= 4 is 22.3 Å². The number of rotatable bonds is 4. The minimum atomic E-state index is -0.384. The summed E-state index contributed by atoms with van der Waals surface area (Å²) < 4.78 is 0. The summed E-state index contributed by atoms with van der Waals surface area (Å²) in [6.45, 7) is 3.70. The fourth-order valence-electron chi connectivity index (χ4n) is 2.09. The summed E-state index contributed by atoms with van der Waals surface area (Å²) in [5.41, 5.74) is 7.52. The first kappa shape index (κ1) is 13.4. The zero-order chi connectivity index (χ0) is 14.0. The number of aliphatic hydroxyl groups is 1. The number of aliphatic hydroxyl groups excluding tert-OH is 1. The lowest BCUT2D eigenvalue weighted by atomic mass is 10.1. The van der Waals surface area contributed by atoms with Gasteiger partial charge in [-0.1, -0.05) is 0 Å². The highest BCUT2D eigenvalue weighted by Gasteiger charge is 2.10. The number of aromatic nitrogens is 2. The number of nitrogens with one attached hydrogen (secondary N) is 2. The van der Waals surface area contributed by atoms with E-state index in [9.17, 15) is 9.90 Å². The predicted molar refractivity (Wildman–Crippen MR) is 76.2 cm³/mol. The lowest BCUT2D eigenvalue weighted by Gasteiger charge is -2.18. The zero-order valence-corrected chi connectivity index (χ0v) is 11.0. The Balaban J connectivity index is 2.34. The van der Waals surface area contributed by atoms with Crippen LogP contribution in [0.2, 0.25) is 0 Å². The first-order valence-electron chi connectivity index (χ1n) is 6.19. The highest BCUT2D eigenvalue weighted by atomic mass is 16.3. The molecule has 2 rings (SSSR count). The highest BCUT2D eigenvalue weighted by Crippen LogP contribution is 2.24. The molecule has 0 amide bonds. The molecule has 0 aliphatic carbocycles. The number of H-pyrrole nitrogens is 1. The minimum Gasteiger partial charge on any atom is -0.397 e. The molecule has 0 fully saturated rings. The molecule has 6 heteroatoms. The van der Waals surface area contributed by atoms with E-state index in [1.807, 2.05) is 6.92 Å². The van der Waals surface area contributed by atoms with E-state index < -0.39 is 0 Å². The van der Waals surface area contributed by atoms with Gasteiger partial charge in [0, 0.05) is 6.04 Å². The Labute approximate surface area is 110 Å². The lowest BCUT2D eigenvalue weighted by Crippen LogP contribution is -2.21. The lowest BCUT2D eigenvalue weighted by molar-refractivity contribution is 0.179. The van der Waals surface area contributed by atoms with E-state index in [2.05, 4.69) is 15.3 Å². The van der Waals surface area contributed by atoms with Gasteiger partial charge in [0.25, 0.3) is 5.56 Å². The number of benzene rings is 1. The molecule has 102 valence electrons. The van der Waals surface area contributed by atoms with E-state index in [1.165, 1.54) is 6.33 Å². The van der Waals surface area contributed by atoms with Crippen molar-refractivity contribution in [2.45, 2.75) is 32.4 Å². The number of nitrogens with two attached hydrogens (primary N) is 1. The van der Waals surface area contributed by atoms with Gasteiger partial charge in [-0.2, -0.15) is 0 Å². The van der Waals surface area contributed by atoms with E-state index in [1.54, 1.807) is 19.1 Å². The van der Waals surface area contributed by atoms with Gasteiger partial charge in [0.1, 0.15) is 0 Å². The molecule has 2 atom stereocenters. The standard InChI is InChI=1S/C13H18N4O2/c1-7(3-8(2)18)17-12-5-11-9(4-10(12)14)13(19)16-6-15-11/h4-8,17-18H,3,14H2,1-2H3,(H,15,16,19). The van der Waals surface area contributed by atoms with Gasteiger partial charge in [0.15, 0.2) is 0 Å². The number of nitrogens with zero attached hydrogens (tertiary/aromatic N) is 1. The molecule has 0 spiro atoms. The Hall–Kier alpha value is -2.08. The molecule has 0 aliphatic heterocycles. The molecule has 6 nitrogen and oxygen atoms in total. The average molecular weight is 262 g/mol. The monoisotopic (exact) mass is 262 g/mol. The summed E-state index contributed by atoms with van der Waals surface area (Å²) >= 11 is 0. The van der Waals surface area contributed by atoms with Gasteiger partial charge >= 0.3 is 0 Å². The van der Waals surface area contributed by atoms with Gasteiger partial charge in [0.05, 0.1) is 34.7 Å². The van der Waals surface area contributed by atoms with Crippen molar-refractivity contribution in [2.24, 2.45) is 0 Å². The molecular formula is C13H18N4O2. The van der Waals surface area contributed by atoms with Crippen molar-refractivity contribution in [3.8, 4) is 0 Å². The van der Waals surface area contributed by atoms with Crippen molar-refractivity contribution < 1.29 is 5.11 Å². The fraction of sp³-hybridized carbons (Fsp3) is 0.385. The maximum absolute atomic E-state index is 11.6. The molecule has 5 N–H and O–H groups in total. The van der Waals surface area contributed by atoms with Crippen LogP contribution in [0.25, 0.3) is 10.9 Å². The van der Waals surface area contributed by atoms with Crippen molar-refractivity contribution in [2.75, 3.05) is 11.1 Å². The van der Waals surface area contributed by atoms with E-state index in [4.69, 9.17) is 5.73 Å². The van der Waals surface area contributed by atoms with Crippen molar-refractivity contribution in [1.29, 1.82) is 0 Å². The number of nitrogen functional groups attached to an aromatic ring is 1. The van der Waals surface area contributed by atoms with Crippen LogP contribution in [0.5, 0.6) is 0 Å². The van der Waals surface area contributed by atoms with Gasteiger partial charge in [-0.3, -0.25) is 4.79 Å². The summed E-state index contributed by atoms with van der Waals surface area (Å²) in [6, 6.07) is 3.43. The first-order chi connectivity index (χ1) is 8.97. The third kappa shape index (κ3) is 3.03. The molecule has 0 saturated heterocycles. The van der Waals surface area contributed by atoms with Crippen molar-refractivity contribution in [1.82, 2.24) is 9.97 Å². The van der Waals surface area contributed by atoms with Gasteiger partial charge in [-0.05, 0) is 32.4 Å². The van der Waals surface area contributed by atoms with Crippen LogP contribution in [0.3, 0.4) is 0 Å². The van der Waals surface area contributed by atoms with Crippen LogP contribution in [0.1, 0.15) is 20.3 Å². The maximum atomic E-state index is 11.6. The number of anilines is 2. The summed E-state index contributed by atoms with van der Waals surface area (Å²) in [5.74, 6) is 0. The quantitative estimate of drug-likeness (QED) is 0.617. The molecule has 2 aromatic rings. The van der Waals surface area contributed by atoms with E-state index in [0.29, 0.717) is 23.0 Å². The maximum Gasteiger partial charge on any atom is 0.258 e. The molecule has 2 unspecified atom stereocenters. The molecule has 0 radical (unpaired) electrons. The molecule has 19 heavy (non-hydrogen) atoms. The van der Waals surface area contributed by atoms with E-state index >= 15 is 0 Å². The highest BCUT2D eigenvalue weighted by molar-refractivity contribution is 5.88. The second-order valence-corrected chi connectivity index (χ2v) is 4.82. The third-order valence-corrected chi connectivity index (χ3v) is 2.91. The molecule has 0 aliphatic rings. The van der Waals surface area contributed by atoms with Gasteiger partial charge in [-0.15, -0.1) is 0 Å². The number of hydrogen-bond acceptors (Lipinski definition) is 5. The summed E-state index contributed by atoms with van der Waals surface area (Å²) in [6.07, 6.45) is 1.59. The van der Waals surface area contributed by atoms with Crippen LogP contribution in [0, 0.1) is 0 Å². The van der Waals surface area contributed by atoms with Crippen LogP contribution < -0.4 is 16.6 Å². The Morgan fingerprint density at radius 2 is 2.21 bits per heavy atom. The molecule has 1 aromatic heterocycles. The Kier molecular flexibility index (Phi) is 3.71. The van der Waals surface area contributed by atoms with Crippen LogP contribution >= 0.6 is 0 Å². The first-order valence-corrected chi connectivity index (χ1v) is 6.19. The van der Waals surface area contributed by atoms with Gasteiger partial charge in [-0.25, -0.2) is 4.98 Å². The van der Waals surface area contributed by atoms with Crippen LogP contribution in [-0.2, 0) is 0 Å². The molecule has 1 aromatic carbocycles. The largest absolute Gasteiger partial charge is 0.397 e. The Morgan fingerprint density at radius 3 is 2.89 bits per heavy atom. The third-order valence-electron chi connectivity index (χ3n) is 2.91. The van der Waals surface area contributed by atoms with Gasteiger partial charge in [0.2, 0.25) is 0 Å². The zero-order valence-electron chi connectivity index (χ0n) is 11.0. The average Bonchev–Trinajstić information content (AvgIpc) is 2.30. The van der Waals surface area contributed by atoms with Crippen molar-refractivity contribution in [3.63, 3.8) is 0 Å². The van der Waals surface area contributed by atoms with Crippen LogP contribution in [0.15, 0.2) is 23.3 Å². The predicted octanol–water partition coefficient (Wildman–Crippen LogP) is 1.08. The summed E-state index contributed by atoms with van der Waals surface area (Å²) in [4.78, 5) is 18.2. The molecular weight excluding hydrogens is 244 g/mol. The van der Waals surface area contributed by atoms with Crippen molar-refractivity contribution in [3.05, 3.63) is 28.8 Å². The second kappa shape index (κ2) is 5.27. The molecule has 0 bridgehead atoms. The Morgan fingerprint density at radius 1 is 1.47 bits per heavy atom.